The van der Waals surface area contributed by atoms with Gasteiger partial charge in [0.25, 0.3) is 5.56 Å². The number of carbonyl (C=O) groups is 1. The summed E-state index contributed by atoms with van der Waals surface area (Å²) in [6.07, 6.45) is 0. The SMILES string of the molecule is Cc1cc(=O)[nH]c(SCC(=O)c2ccc(F)c(C)c2)n1. The monoisotopic (exact) mass is 292 g/mol. The van der Waals surface area contributed by atoms with Crippen molar-refractivity contribution in [2.24, 2.45) is 0 Å². The molecule has 0 saturated carbocycles. The van der Waals surface area contributed by atoms with Crippen molar-refractivity contribution in [1.82, 2.24) is 9.97 Å². The van der Waals surface area contributed by atoms with Crippen LogP contribution in [0.25, 0.3) is 0 Å². The molecule has 0 aliphatic heterocycles. The Kier molecular flexibility index (Phi) is 4.34. The molecule has 0 saturated heterocycles. The highest BCUT2D eigenvalue weighted by Crippen LogP contribution is 2.16. The molecule has 1 heterocycles. The van der Waals surface area contributed by atoms with Crippen molar-refractivity contribution in [3.8, 4) is 0 Å². The standard InChI is InChI=1S/C14H13FN2O2S/c1-8-5-10(3-4-11(8)15)12(18)7-20-14-16-9(2)6-13(19)17-14/h3-6H,7H2,1-2H3,(H,16,17,19). The Balaban J connectivity index is 2.08. The molecule has 2 rings (SSSR count). The number of benzene rings is 1. The van der Waals surface area contributed by atoms with Crippen molar-refractivity contribution in [2.75, 3.05) is 5.75 Å². The second-order valence-electron chi connectivity index (χ2n) is 4.37. The van der Waals surface area contributed by atoms with E-state index in [1.807, 2.05) is 0 Å². The number of hydrogen-bond donors (Lipinski definition) is 1. The van der Waals surface area contributed by atoms with E-state index in [0.717, 1.165) is 11.8 Å². The zero-order valence-electron chi connectivity index (χ0n) is 11.1. The predicted molar refractivity (Wildman–Crippen MR) is 75.8 cm³/mol. The van der Waals surface area contributed by atoms with E-state index >= 15 is 0 Å². The molecule has 20 heavy (non-hydrogen) atoms. The molecule has 0 radical (unpaired) electrons. The quantitative estimate of drug-likeness (QED) is 0.534. The third-order valence-electron chi connectivity index (χ3n) is 2.67. The zero-order valence-corrected chi connectivity index (χ0v) is 11.9. The van der Waals surface area contributed by atoms with Crippen molar-refractivity contribution in [1.29, 1.82) is 0 Å². The van der Waals surface area contributed by atoms with Gasteiger partial charge in [-0.25, -0.2) is 9.37 Å². The van der Waals surface area contributed by atoms with Gasteiger partial charge in [-0.15, -0.1) is 0 Å². The van der Waals surface area contributed by atoms with Crippen LogP contribution in [0.2, 0.25) is 0 Å². The molecule has 0 unspecified atom stereocenters. The first kappa shape index (κ1) is 14.5. The molecule has 0 amide bonds. The van der Waals surface area contributed by atoms with Crippen molar-refractivity contribution in [3.63, 3.8) is 0 Å². The van der Waals surface area contributed by atoms with Crippen LogP contribution in [-0.4, -0.2) is 21.5 Å². The fraction of sp³-hybridized carbons (Fsp3) is 0.214. The number of ketones is 1. The van der Waals surface area contributed by atoms with Crippen molar-refractivity contribution >= 4 is 17.5 Å². The summed E-state index contributed by atoms with van der Waals surface area (Å²) in [6.45, 7) is 3.32. The first-order chi connectivity index (χ1) is 9.45. The molecule has 0 aliphatic rings. The number of rotatable bonds is 4. The van der Waals surface area contributed by atoms with Gasteiger partial charge in [0.2, 0.25) is 0 Å². The van der Waals surface area contributed by atoms with Crippen LogP contribution in [-0.2, 0) is 0 Å². The van der Waals surface area contributed by atoms with Gasteiger partial charge in [0.15, 0.2) is 10.9 Å². The maximum atomic E-state index is 13.1. The third kappa shape index (κ3) is 3.54. The fourth-order valence-electron chi connectivity index (χ4n) is 1.66. The zero-order chi connectivity index (χ0) is 14.7. The first-order valence-corrected chi connectivity index (χ1v) is 6.94. The fourth-order valence-corrected chi connectivity index (χ4v) is 2.47. The van der Waals surface area contributed by atoms with Gasteiger partial charge in [0.05, 0.1) is 5.75 Å². The van der Waals surface area contributed by atoms with E-state index in [4.69, 9.17) is 0 Å². The average Bonchev–Trinajstić information content (AvgIpc) is 2.38. The minimum Gasteiger partial charge on any atom is -0.301 e. The maximum absolute atomic E-state index is 13.1. The van der Waals surface area contributed by atoms with Crippen LogP contribution in [0.15, 0.2) is 34.2 Å². The molecule has 1 aromatic heterocycles. The molecule has 0 bridgehead atoms. The number of H-pyrrole nitrogens is 1. The Labute approximate surface area is 119 Å². The summed E-state index contributed by atoms with van der Waals surface area (Å²) in [4.78, 5) is 29.9. The van der Waals surface area contributed by atoms with Crippen LogP contribution in [0.5, 0.6) is 0 Å². The number of aromatic amines is 1. The van der Waals surface area contributed by atoms with Gasteiger partial charge in [0.1, 0.15) is 5.82 Å². The Morgan fingerprint density at radius 3 is 2.75 bits per heavy atom. The highest BCUT2D eigenvalue weighted by atomic mass is 32.2. The minimum absolute atomic E-state index is 0.136. The van der Waals surface area contributed by atoms with Gasteiger partial charge in [-0.2, -0.15) is 0 Å². The number of Topliss-reactive ketones (excluding diaryl/α,β-unsaturated/α-hetero) is 1. The highest BCUT2D eigenvalue weighted by molar-refractivity contribution is 7.99. The number of halogens is 1. The van der Waals surface area contributed by atoms with E-state index in [1.54, 1.807) is 13.8 Å². The van der Waals surface area contributed by atoms with E-state index in [0.29, 0.717) is 22.0 Å². The Bertz CT molecular complexity index is 713. The molecule has 0 fully saturated rings. The average molecular weight is 292 g/mol. The van der Waals surface area contributed by atoms with Crippen molar-refractivity contribution < 1.29 is 9.18 Å². The normalized spacial score (nSPS) is 10.6. The number of nitrogens with one attached hydrogen (secondary N) is 1. The predicted octanol–water partition coefficient (Wildman–Crippen LogP) is 2.50. The molecule has 1 aromatic carbocycles. The van der Waals surface area contributed by atoms with E-state index in [9.17, 15) is 14.0 Å². The topological polar surface area (TPSA) is 62.8 Å². The van der Waals surface area contributed by atoms with Crippen molar-refractivity contribution in [2.45, 2.75) is 19.0 Å². The second kappa shape index (κ2) is 6.00. The summed E-state index contributed by atoms with van der Waals surface area (Å²) in [5, 5.41) is 0.405. The molecule has 4 nitrogen and oxygen atoms in total. The largest absolute Gasteiger partial charge is 0.301 e. The molecule has 1 N–H and O–H groups in total. The molecule has 0 aliphatic carbocycles. The molecular formula is C14H13FN2O2S. The number of aryl methyl sites for hydroxylation is 2. The van der Waals surface area contributed by atoms with Gasteiger partial charge in [0, 0.05) is 17.3 Å². The Morgan fingerprint density at radius 2 is 2.10 bits per heavy atom. The molecule has 2 aromatic rings. The lowest BCUT2D eigenvalue weighted by molar-refractivity contribution is 0.102. The van der Waals surface area contributed by atoms with Crippen LogP contribution >= 0.6 is 11.8 Å². The summed E-state index contributed by atoms with van der Waals surface area (Å²) in [7, 11) is 0. The summed E-state index contributed by atoms with van der Waals surface area (Å²) >= 11 is 1.15. The Morgan fingerprint density at radius 1 is 1.35 bits per heavy atom. The van der Waals surface area contributed by atoms with Gasteiger partial charge in [-0.1, -0.05) is 11.8 Å². The lowest BCUT2D eigenvalue weighted by Gasteiger charge is -2.03. The van der Waals surface area contributed by atoms with Gasteiger partial charge in [-0.05, 0) is 37.6 Å². The number of thioether (sulfide) groups is 1. The summed E-state index contributed by atoms with van der Waals surface area (Å²) in [6, 6.07) is 5.64. The number of carbonyl (C=O) groups excluding carboxylic acids is 1. The van der Waals surface area contributed by atoms with Gasteiger partial charge < -0.3 is 4.98 Å². The second-order valence-corrected chi connectivity index (χ2v) is 5.33. The first-order valence-electron chi connectivity index (χ1n) is 5.96. The molecular weight excluding hydrogens is 279 g/mol. The summed E-state index contributed by atoms with van der Waals surface area (Å²) in [5.41, 5.74) is 1.24. The number of nitrogens with zero attached hydrogens (tertiary/aromatic N) is 1. The number of hydrogen-bond acceptors (Lipinski definition) is 4. The van der Waals surface area contributed by atoms with Crippen molar-refractivity contribution in [3.05, 3.63) is 57.3 Å². The van der Waals surface area contributed by atoms with Gasteiger partial charge >= 0.3 is 0 Å². The molecule has 104 valence electrons. The van der Waals surface area contributed by atoms with Crippen LogP contribution in [0.1, 0.15) is 21.6 Å². The highest BCUT2D eigenvalue weighted by Gasteiger charge is 2.10. The molecule has 0 atom stereocenters. The van der Waals surface area contributed by atoms with Crippen LogP contribution in [0, 0.1) is 19.7 Å². The van der Waals surface area contributed by atoms with E-state index in [-0.39, 0.29) is 22.9 Å². The number of aromatic nitrogens is 2. The van der Waals surface area contributed by atoms with Crippen LogP contribution < -0.4 is 5.56 Å². The lowest BCUT2D eigenvalue weighted by atomic mass is 10.1. The molecule has 0 spiro atoms. The Hall–Kier alpha value is -1.95. The smallest absolute Gasteiger partial charge is 0.251 e. The van der Waals surface area contributed by atoms with Crippen LogP contribution in [0.4, 0.5) is 4.39 Å². The lowest BCUT2D eigenvalue weighted by Crippen LogP contribution is -2.10. The van der Waals surface area contributed by atoms with E-state index in [1.165, 1.54) is 24.3 Å². The minimum atomic E-state index is -0.334. The van der Waals surface area contributed by atoms with E-state index < -0.39 is 0 Å². The summed E-state index contributed by atoms with van der Waals surface area (Å²) in [5.74, 6) is -0.335. The summed E-state index contributed by atoms with van der Waals surface area (Å²) < 4.78 is 13.1. The van der Waals surface area contributed by atoms with Crippen LogP contribution in [0.3, 0.4) is 0 Å². The van der Waals surface area contributed by atoms with Gasteiger partial charge in [-0.3, -0.25) is 9.59 Å². The third-order valence-corrected chi connectivity index (χ3v) is 3.54. The van der Waals surface area contributed by atoms with E-state index in [2.05, 4.69) is 9.97 Å². The molecule has 6 heteroatoms. The maximum Gasteiger partial charge on any atom is 0.251 e.